The Hall–Kier alpha value is -2.54. The normalized spacial score (nSPS) is 11.1. The Balaban J connectivity index is 0.000000174. The minimum Gasteiger partial charge on any atom is -0.388 e. The summed E-state index contributed by atoms with van der Waals surface area (Å²) in [5.74, 6) is 0.677. The van der Waals surface area contributed by atoms with Crippen LogP contribution in [0, 0.1) is 0 Å². The van der Waals surface area contributed by atoms with Gasteiger partial charge in [0.2, 0.25) is 0 Å². The van der Waals surface area contributed by atoms with Crippen molar-refractivity contribution >= 4 is 5.69 Å². The number of anilines is 1. The molecule has 1 heteroatoms. The van der Waals surface area contributed by atoms with Crippen molar-refractivity contribution in [2.45, 2.75) is 26.2 Å². The molecule has 0 bridgehead atoms. The zero-order valence-corrected chi connectivity index (χ0v) is 14.9. The van der Waals surface area contributed by atoms with Gasteiger partial charge in [0.05, 0.1) is 0 Å². The van der Waals surface area contributed by atoms with E-state index in [-0.39, 0.29) is 0 Å². The van der Waals surface area contributed by atoms with Crippen LogP contribution in [0.2, 0.25) is 0 Å². The van der Waals surface area contributed by atoms with Gasteiger partial charge in [-0.05, 0) is 41.2 Å². The first-order valence-electron chi connectivity index (χ1n) is 8.62. The van der Waals surface area contributed by atoms with Gasteiger partial charge in [0.1, 0.15) is 0 Å². The summed E-state index contributed by atoms with van der Waals surface area (Å²) in [5, 5.41) is 3.11. The summed E-state index contributed by atoms with van der Waals surface area (Å²) in [6.45, 7) is 4.48. The van der Waals surface area contributed by atoms with Crippen LogP contribution in [0.5, 0.6) is 0 Å². The van der Waals surface area contributed by atoms with E-state index in [0.29, 0.717) is 5.92 Å². The average Bonchev–Trinajstić information content (AvgIpc) is 2.69. The second-order valence-electron chi connectivity index (χ2n) is 5.91. The Kier molecular flexibility index (Phi) is 7.10. The maximum Gasteiger partial charge on any atom is 0.0337 e. The fourth-order valence-electron chi connectivity index (χ4n) is 2.48. The highest BCUT2D eigenvalue weighted by Crippen LogP contribution is 2.20. The van der Waals surface area contributed by atoms with Crippen LogP contribution < -0.4 is 5.32 Å². The van der Waals surface area contributed by atoms with Gasteiger partial charge in [0, 0.05) is 12.7 Å². The lowest BCUT2D eigenvalue weighted by Gasteiger charge is -2.09. The Morgan fingerprint density at radius 3 is 1.54 bits per heavy atom. The molecule has 3 rings (SSSR count). The second-order valence-corrected chi connectivity index (χ2v) is 5.91. The predicted molar refractivity (Wildman–Crippen MR) is 107 cm³/mol. The molecule has 3 aromatic carbocycles. The molecule has 3 aromatic rings. The van der Waals surface area contributed by atoms with Crippen molar-refractivity contribution in [3.63, 3.8) is 0 Å². The summed E-state index contributed by atoms with van der Waals surface area (Å²) in [4.78, 5) is 0. The summed E-state index contributed by atoms with van der Waals surface area (Å²) >= 11 is 0. The fourth-order valence-corrected chi connectivity index (χ4v) is 2.48. The van der Waals surface area contributed by atoms with Crippen molar-refractivity contribution in [3.05, 3.63) is 90.5 Å². The highest BCUT2D eigenvalue weighted by atomic mass is 14.8. The number of hydrogen-bond acceptors (Lipinski definition) is 1. The van der Waals surface area contributed by atoms with Gasteiger partial charge in [-0.3, -0.25) is 0 Å². The quantitative estimate of drug-likeness (QED) is 0.572. The molecule has 0 spiro atoms. The van der Waals surface area contributed by atoms with E-state index in [1.807, 2.05) is 19.2 Å². The summed E-state index contributed by atoms with van der Waals surface area (Å²) in [6, 6.07) is 29.4. The third-order valence-corrected chi connectivity index (χ3v) is 4.26. The molecule has 0 aliphatic rings. The SMILES string of the molecule is CCC(C)c1ccc(NC)cc1.c1ccc(-c2ccccc2)cc1. The Labute approximate surface area is 146 Å². The Morgan fingerprint density at radius 2 is 1.17 bits per heavy atom. The van der Waals surface area contributed by atoms with Crippen molar-refractivity contribution in [3.8, 4) is 11.1 Å². The molecule has 0 amide bonds. The highest BCUT2D eigenvalue weighted by Gasteiger charge is 2.00. The summed E-state index contributed by atoms with van der Waals surface area (Å²) in [5.41, 5.74) is 5.16. The van der Waals surface area contributed by atoms with Crippen LogP contribution in [0.25, 0.3) is 11.1 Å². The van der Waals surface area contributed by atoms with E-state index in [1.54, 1.807) is 0 Å². The maximum absolute atomic E-state index is 3.11. The molecule has 1 nitrogen and oxygen atoms in total. The molecule has 0 aliphatic heterocycles. The average molecular weight is 317 g/mol. The topological polar surface area (TPSA) is 12.0 Å². The molecule has 1 N–H and O–H groups in total. The first-order valence-corrected chi connectivity index (χ1v) is 8.62. The van der Waals surface area contributed by atoms with Gasteiger partial charge in [0.15, 0.2) is 0 Å². The van der Waals surface area contributed by atoms with E-state index >= 15 is 0 Å². The summed E-state index contributed by atoms with van der Waals surface area (Å²) in [6.07, 6.45) is 1.21. The van der Waals surface area contributed by atoms with Gasteiger partial charge < -0.3 is 5.32 Å². The van der Waals surface area contributed by atoms with Crippen molar-refractivity contribution in [2.24, 2.45) is 0 Å². The number of nitrogens with one attached hydrogen (secondary N) is 1. The monoisotopic (exact) mass is 317 g/mol. The van der Waals surface area contributed by atoms with Gasteiger partial charge in [-0.2, -0.15) is 0 Å². The van der Waals surface area contributed by atoms with Crippen LogP contribution in [0.15, 0.2) is 84.9 Å². The van der Waals surface area contributed by atoms with Crippen LogP contribution in [-0.2, 0) is 0 Å². The second kappa shape index (κ2) is 9.57. The molecule has 0 radical (unpaired) electrons. The lowest BCUT2D eigenvalue weighted by molar-refractivity contribution is 0.734. The first-order chi connectivity index (χ1) is 11.7. The van der Waals surface area contributed by atoms with Crippen LogP contribution in [-0.4, -0.2) is 7.05 Å². The number of hydrogen-bond donors (Lipinski definition) is 1. The van der Waals surface area contributed by atoms with Crippen LogP contribution >= 0.6 is 0 Å². The molecule has 1 unspecified atom stereocenters. The minimum absolute atomic E-state index is 0.677. The third-order valence-electron chi connectivity index (χ3n) is 4.26. The molecular formula is C23H27N. The summed E-state index contributed by atoms with van der Waals surface area (Å²) < 4.78 is 0. The van der Waals surface area contributed by atoms with E-state index in [9.17, 15) is 0 Å². The highest BCUT2D eigenvalue weighted by molar-refractivity contribution is 5.62. The minimum atomic E-state index is 0.677. The zero-order chi connectivity index (χ0) is 17.2. The van der Waals surface area contributed by atoms with Crippen LogP contribution in [0.4, 0.5) is 5.69 Å². The van der Waals surface area contributed by atoms with Crippen molar-refractivity contribution in [1.29, 1.82) is 0 Å². The largest absolute Gasteiger partial charge is 0.388 e. The van der Waals surface area contributed by atoms with Gasteiger partial charge in [-0.15, -0.1) is 0 Å². The molecule has 0 saturated heterocycles. The predicted octanol–water partition coefficient (Wildman–Crippen LogP) is 6.60. The maximum atomic E-state index is 3.11. The van der Waals surface area contributed by atoms with Gasteiger partial charge in [0.25, 0.3) is 0 Å². The van der Waals surface area contributed by atoms with E-state index in [1.165, 1.54) is 28.8 Å². The van der Waals surface area contributed by atoms with E-state index in [4.69, 9.17) is 0 Å². The molecule has 0 heterocycles. The Morgan fingerprint density at radius 1 is 0.708 bits per heavy atom. The molecule has 0 aromatic heterocycles. The smallest absolute Gasteiger partial charge is 0.0337 e. The van der Waals surface area contributed by atoms with E-state index in [0.717, 1.165) is 0 Å². The molecular weight excluding hydrogens is 290 g/mol. The first kappa shape index (κ1) is 17.8. The van der Waals surface area contributed by atoms with Crippen molar-refractivity contribution in [1.82, 2.24) is 0 Å². The van der Waals surface area contributed by atoms with Gasteiger partial charge >= 0.3 is 0 Å². The molecule has 0 aliphatic carbocycles. The lowest BCUT2D eigenvalue weighted by Crippen LogP contribution is -1.92. The molecule has 1 atom stereocenters. The lowest BCUT2D eigenvalue weighted by atomic mass is 9.99. The van der Waals surface area contributed by atoms with Crippen molar-refractivity contribution in [2.75, 3.05) is 12.4 Å². The van der Waals surface area contributed by atoms with Gasteiger partial charge in [-0.25, -0.2) is 0 Å². The fraction of sp³-hybridized carbons (Fsp3) is 0.217. The molecule has 0 saturated carbocycles. The number of benzene rings is 3. The van der Waals surface area contributed by atoms with E-state index < -0.39 is 0 Å². The standard InChI is InChI=1S/C12H10.C11H17N/c1-3-7-11(8-4-1)12-9-5-2-6-10-12;1-4-9(2)10-5-7-11(12-3)8-6-10/h1-10H;5-9,12H,4H2,1-3H3. The summed E-state index contributed by atoms with van der Waals surface area (Å²) in [7, 11) is 1.94. The molecule has 124 valence electrons. The van der Waals surface area contributed by atoms with E-state index in [2.05, 4.69) is 92.0 Å². The van der Waals surface area contributed by atoms with Crippen LogP contribution in [0.3, 0.4) is 0 Å². The zero-order valence-electron chi connectivity index (χ0n) is 14.9. The van der Waals surface area contributed by atoms with Crippen molar-refractivity contribution < 1.29 is 0 Å². The molecule has 0 fully saturated rings. The number of rotatable bonds is 4. The van der Waals surface area contributed by atoms with Gasteiger partial charge in [-0.1, -0.05) is 86.6 Å². The van der Waals surface area contributed by atoms with Crippen LogP contribution in [0.1, 0.15) is 31.7 Å². The third kappa shape index (κ3) is 5.27. The Bertz CT molecular complexity index is 650. The molecule has 24 heavy (non-hydrogen) atoms.